The molecule has 1 aromatic carbocycles. The first kappa shape index (κ1) is 28.4. The van der Waals surface area contributed by atoms with E-state index in [9.17, 15) is 19.5 Å². The molecule has 38 heavy (non-hydrogen) atoms. The highest BCUT2D eigenvalue weighted by atomic mass is 16.5. The van der Waals surface area contributed by atoms with Crippen LogP contribution in [0.2, 0.25) is 0 Å². The summed E-state index contributed by atoms with van der Waals surface area (Å²) in [6.07, 6.45) is 3.88. The standard InChI is InChI=1S/C29H43N3O6/c1-6-10-18(5)30-26(35)24-29-16-15-28(8-3,38-29)22(23(29)27(36)32(24)20(7-2)17-33)25(34)31-19-11-13-21(14-12-19)37-9-4/h11-14,18,20,22-24,33H,6-10,15-17H2,1-5H3,(H,30,35)(H,31,34)/t18?,20-,22+,23-,24?,28-,29?/m0/s1. The summed E-state index contributed by atoms with van der Waals surface area (Å²) in [7, 11) is 0. The number of nitrogens with zero attached hydrogens (tertiary/aromatic N) is 1. The third-order valence-electron chi connectivity index (χ3n) is 8.77. The van der Waals surface area contributed by atoms with E-state index in [1.165, 1.54) is 4.90 Å². The second-order valence-electron chi connectivity index (χ2n) is 11.0. The third-order valence-corrected chi connectivity index (χ3v) is 8.77. The summed E-state index contributed by atoms with van der Waals surface area (Å²) in [5.41, 5.74) is -1.32. The van der Waals surface area contributed by atoms with Gasteiger partial charge in [-0.05, 0) is 70.2 Å². The Labute approximate surface area is 225 Å². The maximum Gasteiger partial charge on any atom is 0.246 e. The zero-order chi connectivity index (χ0) is 27.7. The molecule has 3 aliphatic rings. The van der Waals surface area contributed by atoms with Crippen LogP contribution in [0.15, 0.2) is 24.3 Å². The van der Waals surface area contributed by atoms with Gasteiger partial charge in [-0.1, -0.05) is 27.2 Å². The number of aliphatic hydroxyl groups is 1. The van der Waals surface area contributed by atoms with E-state index in [0.717, 1.165) is 12.8 Å². The Morgan fingerprint density at radius 2 is 1.87 bits per heavy atom. The average molecular weight is 530 g/mol. The fourth-order valence-corrected chi connectivity index (χ4v) is 7.01. The molecule has 3 saturated heterocycles. The topological polar surface area (TPSA) is 117 Å². The van der Waals surface area contributed by atoms with Gasteiger partial charge in [-0.3, -0.25) is 14.4 Å². The van der Waals surface area contributed by atoms with E-state index in [1.807, 2.05) is 27.7 Å². The van der Waals surface area contributed by atoms with Gasteiger partial charge in [-0.15, -0.1) is 0 Å². The Morgan fingerprint density at radius 3 is 2.45 bits per heavy atom. The van der Waals surface area contributed by atoms with E-state index < -0.39 is 35.1 Å². The number of rotatable bonds is 12. The van der Waals surface area contributed by atoms with Crippen LogP contribution in [0.3, 0.4) is 0 Å². The molecule has 3 heterocycles. The number of nitrogens with one attached hydrogen (secondary N) is 2. The lowest BCUT2D eigenvalue weighted by atomic mass is 9.65. The Bertz CT molecular complexity index is 1030. The second kappa shape index (κ2) is 11.2. The molecule has 7 atom stereocenters. The highest BCUT2D eigenvalue weighted by Gasteiger charge is 2.79. The monoisotopic (exact) mass is 529 g/mol. The Kier molecular flexibility index (Phi) is 8.37. The van der Waals surface area contributed by atoms with Crippen LogP contribution < -0.4 is 15.4 Å². The SMILES string of the molecule is CCCC(C)NC(=O)C1N([C@@H](CC)CO)C(=O)[C@@H]2[C@H](C(=O)Nc3ccc(OCC)cc3)[C@]3(CC)CCC12O3. The number of carbonyl (C=O) groups excluding carboxylic acids is 3. The van der Waals surface area contributed by atoms with Crippen molar-refractivity contribution in [3.63, 3.8) is 0 Å². The molecule has 2 bridgehead atoms. The quantitative estimate of drug-likeness (QED) is 0.383. The number of hydrogen-bond acceptors (Lipinski definition) is 6. The van der Waals surface area contributed by atoms with Crippen LogP contribution in [0.1, 0.15) is 73.1 Å². The highest BCUT2D eigenvalue weighted by Crippen LogP contribution is 2.64. The number of hydrogen-bond donors (Lipinski definition) is 3. The number of ether oxygens (including phenoxy) is 2. The van der Waals surface area contributed by atoms with Crippen molar-refractivity contribution in [2.75, 3.05) is 18.5 Å². The lowest BCUT2D eigenvalue weighted by Crippen LogP contribution is -2.59. The van der Waals surface area contributed by atoms with Gasteiger partial charge in [0.05, 0.1) is 36.7 Å². The normalized spacial score (nSPS) is 31.2. The molecule has 3 fully saturated rings. The van der Waals surface area contributed by atoms with Crippen LogP contribution in [-0.4, -0.2) is 70.3 Å². The summed E-state index contributed by atoms with van der Waals surface area (Å²) in [4.78, 5) is 43.4. The molecule has 3 N–H and O–H groups in total. The van der Waals surface area contributed by atoms with E-state index in [1.54, 1.807) is 24.3 Å². The number of anilines is 1. The molecular weight excluding hydrogens is 486 g/mol. The van der Waals surface area contributed by atoms with Gasteiger partial charge in [0.15, 0.2) is 0 Å². The second-order valence-corrected chi connectivity index (χ2v) is 11.0. The minimum Gasteiger partial charge on any atom is -0.494 e. The molecule has 0 aromatic heterocycles. The molecular formula is C29H43N3O6. The predicted octanol–water partition coefficient (Wildman–Crippen LogP) is 3.25. The van der Waals surface area contributed by atoms with Crippen LogP contribution in [0, 0.1) is 11.8 Å². The molecule has 3 unspecified atom stereocenters. The van der Waals surface area contributed by atoms with Crippen LogP contribution in [-0.2, 0) is 19.1 Å². The van der Waals surface area contributed by atoms with Crippen molar-refractivity contribution >= 4 is 23.4 Å². The summed E-state index contributed by atoms with van der Waals surface area (Å²) in [5.74, 6) is -1.67. The van der Waals surface area contributed by atoms with Crippen molar-refractivity contribution in [2.24, 2.45) is 11.8 Å². The van der Waals surface area contributed by atoms with Gasteiger partial charge in [0.1, 0.15) is 17.4 Å². The molecule has 9 heteroatoms. The van der Waals surface area contributed by atoms with Gasteiger partial charge in [-0.25, -0.2) is 0 Å². The molecule has 9 nitrogen and oxygen atoms in total. The minimum absolute atomic E-state index is 0.0633. The average Bonchev–Trinajstić information content (AvgIpc) is 3.50. The fraction of sp³-hybridized carbons (Fsp3) is 0.690. The van der Waals surface area contributed by atoms with E-state index in [0.29, 0.717) is 43.7 Å². The number of benzene rings is 1. The Hall–Kier alpha value is -2.65. The van der Waals surface area contributed by atoms with E-state index in [-0.39, 0.29) is 30.4 Å². The number of fused-ring (bicyclic) bond motifs is 1. The van der Waals surface area contributed by atoms with Crippen molar-refractivity contribution in [3.05, 3.63) is 24.3 Å². The van der Waals surface area contributed by atoms with Gasteiger partial charge in [-0.2, -0.15) is 0 Å². The first-order valence-corrected chi connectivity index (χ1v) is 14.2. The molecule has 1 aromatic rings. The van der Waals surface area contributed by atoms with E-state index >= 15 is 0 Å². The van der Waals surface area contributed by atoms with Crippen LogP contribution >= 0.6 is 0 Å². The van der Waals surface area contributed by atoms with Crippen molar-refractivity contribution < 1.29 is 29.0 Å². The number of amides is 3. The molecule has 3 aliphatic heterocycles. The van der Waals surface area contributed by atoms with Gasteiger partial charge >= 0.3 is 0 Å². The lowest BCUT2D eigenvalue weighted by molar-refractivity contribution is -0.150. The maximum atomic E-state index is 14.2. The minimum atomic E-state index is -1.10. The van der Waals surface area contributed by atoms with Gasteiger partial charge in [0.2, 0.25) is 17.7 Å². The van der Waals surface area contributed by atoms with E-state index in [4.69, 9.17) is 9.47 Å². The molecule has 210 valence electrons. The van der Waals surface area contributed by atoms with Crippen LogP contribution in [0.5, 0.6) is 5.75 Å². The van der Waals surface area contributed by atoms with E-state index in [2.05, 4.69) is 17.6 Å². The number of carbonyl (C=O) groups is 3. The molecule has 0 saturated carbocycles. The highest BCUT2D eigenvalue weighted by molar-refractivity contribution is 6.02. The van der Waals surface area contributed by atoms with Gasteiger partial charge in [0, 0.05) is 11.7 Å². The number of likely N-dealkylation sites (tertiary alicyclic amines) is 1. The summed E-state index contributed by atoms with van der Waals surface area (Å²) < 4.78 is 12.3. The smallest absolute Gasteiger partial charge is 0.246 e. The van der Waals surface area contributed by atoms with Crippen LogP contribution in [0.4, 0.5) is 5.69 Å². The summed E-state index contributed by atoms with van der Waals surface area (Å²) in [5, 5.41) is 16.3. The third kappa shape index (κ3) is 4.57. The Morgan fingerprint density at radius 1 is 1.16 bits per heavy atom. The first-order chi connectivity index (χ1) is 18.2. The summed E-state index contributed by atoms with van der Waals surface area (Å²) >= 11 is 0. The van der Waals surface area contributed by atoms with Gasteiger partial charge < -0.3 is 30.1 Å². The molecule has 0 aliphatic carbocycles. The van der Waals surface area contributed by atoms with Crippen molar-refractivity contribution in [1.29, 1.82) is 0 Å². The molecule has 0 radical (unpaired) electrons. The lowest BCUT2D eigenvalue weighted by Gasteiger charge is -2.37. The Balaban J connectivity index is 1.70. The maximum absolute atomic E-state index is 14.2. The fourth-order valence-electron chi connectivity index (χ4n) is 7.01. The van der Waals surface area contributed by atoms with Crippen molar-refractivity contribution in [2.45, 2.75) is 102 Å². The summed E-state index contributed by atoms with van der Waals surface area (Å²) in [6, 6.07) is 5.65. The van der Waals surface area contributed by atoms with Gasteiger partial charge in [0.25, 0.3) is 0 Å². The van der Waals surface area contributed by atoms with Crippen molar-refractivity contribution in [3.8, 4) is 5.75 Å². The zero-order valence-electron chi connectivity index (χ0n) is 23.3. The molecule has 4 rings (SSSR count). The summed E-state index contributed by atoms with van der Waals surface area (Å²) in [6.45, 7) is 10.1. The first-order valence-electron chi connectivity index (χ1n) is 14.2. The van der Waals surface area contributed by atoms with Crippen molar-refractivity contribution in [1.82, 2.24) is 10.2 Å². The van der Waals surface area contributed by atoms with Crippen LogP contribution in [0.25, 0.3) is 0 Å². The number of aliphatic hydroxyl groups excluding tert-OH is 1. The molecule has 1 spiro atoms. The predicted molar refractivity (Wildman–Crippen MR) is 144 cm³/mol. The largest absolute Gasteiger partial charge is 0.494 e. The zero-order valence-corrected chi connectivity index (χ0v) is 23.3. The molecule has 3 amide bonds.